The van der Waals surface area contributed by atoms with Gasteiger partial charge in [-0.3, -0.25) is 9.59 Å². The molecule has 26 heavy (non-hydrogen) atoms. The van der Waals surface area contributed by atoms with Crippen molar-refractivity contribution in [3.8, 4) is 0 Å². The zero-order chi connectivity index (χ0) is 20.7. The molecule has 0 aliphatic rings. The van der Waals surface area contributed by atoms with Gasteiger partial charge in [-0.2, -0.15) is 0 Å². The quantitative estimate of drug-likeness (QED) is 0.596. The second-order valence-corrected chi connectivity index (χ2v) is 8.60. The van der Waals surface area contributed by atoms with E-state index < -0.39 is 11.6 Å². The summed E-state index contributed by atoms with van der Waals surface area (Å²) in [6.45, 7) is 14.1. The number of esters is 1. The molecule has 4 atom stereocenters. The highest BCUT2D eigenvalue weighted by Crippen LogP contribution is 2.25. The molecule has 0 aromatic heterocycles. The number of amides is 1. The van der Waals surface area contributed by atoms with E-state index in [0.29, 0.717) is 6.54 Å². The van der Waals surface area contributed by atoms with Gasteiger partial charge in [0.15, 0.2) is 0 Å². The predicted molar refractivity (Wildman–Crippen MR) is 105 cm³/mol. The molecule has 4 unspecified atom stereocenters. The molecule has 0 saturated carbocycles. The van der Waals surface area contributed by atoms with Gasteiger partial charge in [-0.25, -0.2) is 0 Å². The van der Waals surface area contributed by atoms with E-state index in [2.05, 4.69) is 13.8 Å². The van der Waals surface area contributed by atoms with Crippen LogP contribution >= 0.6 is 0 Å². The first-order valence-corrected chi connectivity index (χ1v) is 9.59. The molecule has 0 aliphatic heterocycles. The van der Waals surface area contributed by atoms with Crippen molar-refractivity contribution < 1.29 is 19.1 Å². The van der Waals surface area contributed by atoms with E-state index in [9.17, 15) is 9.59 Å². The van der Waals surface area contributed by atoms with Crippen molar-refractivity contribution in [3.63, 3.8) is 0 Å². The Morgan fingerprint density at radius 1 is 1.15 bits per heavy atom. The summed E-state index contributed by atoms with van der Waals surface area (Å²) >= 11 is 0. The van der Waals surface area contributed by atoms with Crippen molar-refractivity contribution in [3.05, 3.63) is 0 Å². The van der Waals surface area contributed by atoms with Gasteiger partial charge in [0.05, 0.1) is 18.6 Å². The molecule has 0 radical (unpaired) electrons. The second-order valence-electron chi connectivity index (χ2n) is 8.60. The van der Waals surface area contributed by atoms with Crippen molar-refractivity contribution in [2.24, 2.45) is 23.5 Å². The molecule has 0 aromatic rings. The Kier molecular flexibility index (Phi) is 10.4. The molecule has 0 aromatic carbocycles. The molecule has 0 saturated heterocycles. The molecule has 0 aliphatic carbocycles. The first-order valence-electron chi connectivity index (χ1n) is 9.59. The monoisotopic (exact) mass is 372 g/mol. The Morgan fingerprint density at radius 2 is 1.69 bits per heavy atom. The van der Waals surface area contributed by atoms with E-state index in [4.69, 9.17) is 15.2 Å². The summed E-state index contributed by atoms with van der Waals surface area (Å²) in [7, 11) is 3.37. The molecule has 1 amide bonds. The van der Waals surface area contributed by atoms with E-state index in [-0.39, 0.29) is 42.2 Å². The van der Waals surface area contributed by atoms with Crippen LogP contribution in [0.3, 0.4) is 0 Å². The number of nitrogens with two attached hydrogens (primary N) is 1. The maximum atomic E-state index is 12.5. The average molecular weight is 373 g/mol. The van der Waals surface area contributed by atoms with Crippen LogP contribution < -0.4 is 5.73 Å². The summed E-state index contributed by atoms with van der Waals surface area (Å²) < 4.78 is 11.1. The molecule has 0 heterocycles. The van der Waals surface area contributed by atoms with Crippen LogP contribution in [0.5, 0.6) is 0 Å². The standard InChI is InChI=1S/C20H40N2O4/c1-10-14(4)15(12-22(8)19(24)18(21)13(2)3)16(25-9)11-17(23)26-20(5,6)7/h13-16,18H,10-12,21H2,1-9H3. The fourth-order valence-corrected chi connectivity index (χ4v) is 2.87. The number of hydrogen-bond acceptors (Lipinski definition) is 5. The number of rotatable bonds is 10. The summed E-state index contributed by atoms with van der Waals surface area (Å²) in [5.74, 6) is 0.0108. The van der Waals surface area contributed by atoms with Crippen LogP contribution in [0.15, 0.2) is 0 Å². The molecule has 0 spiro atoms. The van der Waals surface area contributed by atoms with Gasteiger partial charge in [-0.1, -0.05) is 34.1 Å². The molecule has 154 valence electrons. The van der Waals surface area contributed by atoms with Gasteiger partial charge >= 0.3 is 5.97 Å². The van der Waals surface area contributed by atoms with Gasteiger partial charge < -0.3 is 20.1 Å². The van der Waals surface area contributed by atoms with E-state index in [1.807, 2.05) is 34.6 Å². The van der Waals surface area contributed by atoms with Crippen LogP contribution in [-0.4, -0.2) is 55.2 Å². The fourth-order valence-electron chi connectivity index (χ4n) is 2.87. The second kappa shape index (κ2) is 10.9. The topological polar surface area (TPSA) is 81.9 Å². The lowest BCUT2D eigenvalue weighted by Crippen LogP contribution is -2.48. The van der Waals surface area contributed by atoms with Crippen molar-refractivity contribution >= 4 is 11.9 Å². The molecule has 6 nitrogen and oxygen atoms in total. The van der Waals surface area contributed by atoms with E-state index in [0.717, 1.165) is 6.42 Å². The number of methoxy groups -OCH3 is 1. The minimum absolute atomic E-state index is 0.0193. The van der Waals surface area contributed by atoms with Crippen molar-refractivity contribution in [2.45, 2.75) is 79.1 Å². The molecular weight excluding hydrogens is 332 g/mol. The molecule has 6 heteroatoms. The maximum Gasteiger partial charge on any atom is 0.308 e. The lowest BCUT2D eigenvalue weighted by Gasteiger charge is -2.35. The smallest absolute Gasteiger partial charge is 0.308 e. The van der Waals surface area contributed by atoms with Crippen LogP contribution in [-0.2, 0) is 19.1 Å². The third-order valence-electron chi connectivity index (χ3n) is 4.81. The van der Waals surface area contributed by atoms with E-state index in [1.165, 1.54) is 0 Å². The van der Waals surface area contributed by atoms with Gasteiger partial charge in [0, 0.05) is 26.6 Å². The number of carbonyl (C=O) groups excluding carboxylic acids is 2. The molecule has 0 rings (SSSR count). The van der Waals surface area contributed by atoms with E-state index in [1.54, 1.807) is 19.1 Å². The Hall–Kier alpha value is -1.14. The summed E-state index contributed by atoms with van der Waals surface area (Å²) in [5.41, 5.74) is 5.48. The highest BCUT2D eigenvalue weighted by molar-refractivity contribution is 5.81. The molecule has 0 bridgehead atoms. The van der Waals surface area contributed by atoms with Gasteiger partial charge in [-0.05, 0) is 32.6 Å². The number of carbonyl (C=O) groups is 2. The van der Waals surface area contributed by atoms with Gasteiger partial charge in [0.1, 0.15) is 5.60 Å². The van der Waals surface area contributed by atoms with Crippen LogP contribution in [0.1, 0.15) is 61.3 Å². The van der Waals surface area contributed by atoms with Crippen LogP contribution in [0.4, 0.5) is 0 Å². The molecular formula is C20H40N2O4. The highest BCUT2D eigenvalue weighted by atomic mass is 16.6. The number of nitrogens with zero attached hydrogens (tertiary/aromatic N) is 1. The Bertz CT molecular complexity index is 446. The highest BCUT2D eigenvalue weighted by Gasteiger charge is 2.33. The largest absolute Gasteiger partial charge is 0.460 e. The minimum atomic E-state index is -0.530. The maximum absolute atomic E-state index is 12.5. The van der Waals surface area contributed by atoms with E-state index >= 15 is 0 Å². The van der Waals surface area contributed by atoms with Crippen molar-refractivity contribution in [1.82, 2.24) is 4.90 Å². The normalized spacial score (nSPS) is 16.7. The van der Waals surface area contributed by atoms with Crippen LogP contribution in [0.2, 0.25) is 0 Å². The lowest BCUT2D eigenvalue weighted by atomic mass is 9.84. The summed E-state index contributed by atoms with van der Waals surface area (Å²) in [6, 6.07) is -0.524. The van der Waals surface area contributed by atoms with Crippen molar-refractivity contribution in [1.29, 1.82) is 0 Å². The minimum Gasteiger partial charge on any atom is -0.460 e. The van der Waals surface area contributed by atoms with Crippen LogP contribution in [0, 0.1) is 17.8 Å². The third-order valence-corrected chi connectivity index (χ3v) is 4.81. The van der Waals surface area contributed by atoms with Gasteiger partial charge in [0.2, 0.25) is 5.91 Å². The predicted octanol–water partition coefficient (Wildman–Crippen LogP) is 2.84. The Balaban J connectivity index is 5.20. The number of likely N-dealkylation sites (N-methyl/N-ethyl adjacent to an activating group) is 1. The summed E-state index contributed by atoms with van der Waals surface area (Å²) in [6.07, 6.45) is 0.781. The van der Waals surface area contributed by atoms with Gasteiger partial charge in [-0.15, -0.1) is 0 Å². The number of ether oxygens (including phenoxy) is 2. The van der Waals surface area contributed by atoms with Crippen LogP contribution in [0.25, 0.3) is 0 Å². The van der Waals surface area contributed by atoms with Gasteiger partial charge in [0.25, 0.3) is 0 Å². The number of hydrogen-bond donors (Lipinski definition) is 1. The lowest BCUT2D eigenvalue weighted by molar-refractivity contribution is -0.159. The third kappa shape index (κ3) is 8.49. The Morgan fingerprint density at radius 3 is 2.08 bits per heavy atom. The Labute approximate surface area is 159 Å². The summed E-state index contributed by atoms with van der Waals surface area (Å²) in [5, 5.41) is 0. The fraction of sp³-hybridized carbons (Fsp3) is 0.900. The molecule has 0 fully saturated rings. The zero-order valence-corrected chi connectivity index (χ0v) is 18.2. The first-order chi connectivity index (χ1) is 11.8. The zero-order valence-electron chi connectivity index (χ0n) is 18.2. The van der Waals surface area contributed by atoms with Crippen molar-refractivity contribution in [2.75, 3.05) is 20.7 Å². The SMILES string of the molecule is CCC(C)C(CN(C)C(=O)C(N)C(C)C)C(CC(=O)OC(C)(C)C)OC. The average Bonchev–Trinajstić information content (AvgIpc) is 2.53. The molecule has 2 N–H and O–H groups in total. The first kappa shape index (κ1) is 24.9. The summed E-state index contributed by atoms with van der Waals surface area (Å²) in [4.78, 5) is 26.4.